The minimum atomic E-state index is -0.327. The van der Waals surface area contributed by atoms with Crippen LogP contribution in [0.3, 0.4) is 0 Å². The van der Waals surface area contributed by atoms with E-state index >= 15 is 0 Å². The lowest BCUT2D eigenvalue weighted by atomic mass is 9.98. The van der Waals surface area contributed by atoms with Gasteiger partial charge in [0.25, 0.3) is 0 Å². The lowest BCUT2D eigenvalue weighted by molar-refractivity contribution is 0.0984. The zero-order valence-corrected chi connectivity index (χ0v) is 18.7. The predicted molar refractivity (Wildman–Crippen MR) is 126 cm³/mol. The number of methoxy groups -OCH3 is 2. The molecule has 0 spiro atoms. The second kappa shape index (κ2) is 9.28. The van der Waals surface area contributed by atoms with Crippen molar-refractivity contribution in [2.24, 2.45) is 0 Å². The van der Waals surface area contributed by atoms with Gasteiger partial charge >= 0.3 is 0 Å². The summed E-state index contributed by atoms with van der Waals surface area (Å²) in [5.74, 6) is 0.182. The summed E-state index contributed by atoms with van der Waals surface area (Å²) in [6.07, 6.45) is 5.91. The zero-order chi connectivity index (χ0) is 23.5. The van der Waals surface area contributed by atoms with E-state index in [0.717, 1.165) is 33.4 Å². The van der Waals surface area contributed by atoms with Crippen molar-refractivity contribution in [1.82, 2.24) is 4.98 Å². The van der Waals surface area contributed by atoms with Crippen LogP contribution >= 0.6 is 0 Å². The van der Waals surface area contributed by atoms with Crippen molar-refractivity contribution in [3.05, 3.63) is 88.5 Å². The number of phenols is 1. The zero-order valence-electron chi connectivity index (χ0n) is 18.7. The first-order valence-electron chi connectivity index (χ1n) is 10.5. The van der Waals surface area contributed by atoms with Crippen molar-refractivity contribution in [2.45, 2.75) is 19.8 Å². The molecule has 0 aliphatic heterocycles. The molecule has 33 heavy (non-hydrogen) atoms. The lowest BCUT2D eigenvalue weighted by Gasteiger charge is -2.11. The highest BCUT2D eigenvalue weighted by atomic mass is 19.1. The molecule has 0 saturated carbocycles. The normalized spacial score (nSPS) is 13.9. The summed E-state index contributed by atoms with van der Waals surface area (Å²) in [5, 5.41) is 10.2. The number of benzene rings is 2. The van der Waals surface area contributed by atoms with E-state index in [9.17, 15) is 14.3 Å². The molecule has 5 nitrogen and oxygen atoms in total. The Bertz CT molecular complexity index is 1250. The van der Waals surface area contributed by atoms with E-state index in [1.807, 2.05) is 13.0 Å². The summed E-state index contributed by atoms with van der Waals surface area (Å²) >= 11 is 0. The number of fused-ring (bicyclic) bond motifs is 1. The van der Waals surface area contributed by atoms with Gasteiger partial charge < -0.3 is 14.6 Å². The Hall–Kier alpha value is -3.93. The van der Waals surface area contributed by atoms with Gasteiger partial charge in [-0.3, -0.25) is 9.78 Å². The maximum Gasteiger partial charge on any atom is 0.200 e. The van der Waals surface area contributed by atoms with E-state index in [-0.39, 0.29) is 17.3 Å². The molecule has 0 radical (unpaired) electrons. The molecule has 168 valence electrons. The highest BCUT2D eigenvalue weighted by Gasteiger charge is 2.25. The number of rotatable bonds is 7. The van der Waals surface area contributed by atoms with Crippen LogP contribution in [0.4, 0.5) is 4.39 Å². The van der Waals surface area contributed by atoms with Crippen LogP contribution in [0.1, 0.15) is 46.8 Å². The summed E-state index contributed by atoms with van der Waals surface area (Å²) in [6, 6.07) is 11.6. The molecule has 0 atom stereocenters. The fourth-order valence-electron chi connectivity index (χ4n) is 4.15. The quantitative estimate of drug-likeness (QED) is 0.456. The summed E-state index contributed by atoms with van der Waals surface area (Å²) in [7, 11) is 2.95. The number of halogens is 1. The number of aromatic hydroxyl groups is 1. The van der Waals surface area contributed by atoms with Crippen LogP contribution in [0.25, 0.3) is 17.2 Å². The summed E-state index contributed by atoms with van der Waals surface area (Å²) < 4.78 is 24.7. The molecule has 4 rings (SSSR count). The highest BCUT2D eigenvalue weighted by Crippen LogP contribution is 2.45. The van der Waals surface area contributed by atoms with Crippen LogP contribution in [-0.2, 0) is 0 Å². The van der Waals surface area contributed by atoms with Gasteiger partial charge in [0.05, 0.1) is 14.2 Å². The largest absolute Gasteiger partial charge is 0.502 e. The first kappa shape index (κ1) is 22.3. The second-order valence-corrected chi connectivity index (χ2v) is 7.79. The van der Waals surface area contributed by atoms with E-state index in [1.54, 1.807) is 42.7 Å². The average Bonchev–Trinajstić information content (AvgIpc) is 3.08. The molecule has 0 unspecified atom stereocenters. The number of carbonyl (C=O) groups excluding carboxylic acids is 1. The first-order valence-corrected chi connectivity index (χ1v) is 10.5. The molecule has 0 bridgehead atoms. The van der Waals surface area contributed by atoms with E-state index < -0.39 is 0 Å². The van der Waals surface area contributed by atoms with E-state index in [2.05, 4.69) is 4.98 Å². The number of ketones is 1. The molecule has 1 aromatic heterocycles. The van der Waals surface area contributed by atoms with Crippen LogP contribution in [0.15, 0.2) is 60.4 Å². The highest BCUT2D eigenvalue weighted by molar-refractivity contribution is 6.06. The Morgan fingerprint density at radius 3 is 2.45 bits per heavy atom. The van der Waals surface area contributed by atoms with E-state index in [4.69, 9.17) is 9.47 Å². The number of phenolic OH excluding ortho intramolecular Hbond substituents is 1. The molecule has 0 fully saturated rings. The van der Waals surface area contributed by atoms with Gasteiger partial charge in [0.15, 0.2) is 17.3 Å². The van der Waals surface area contributed by atoms with Gasteiger partial charge in [-0.1, -0.05) is 6.07 Å². The molecular weight excluding hydrogens is 421 g/mol. The van der Waals surface area contributed by atoms with Crippen LogP contribution in [-0.4, -0.2) is 30.1 Å². The maximum atomic E-state index is 14.1. The molecule has 1 N–H and O–H groups in total. The van der Waals surface area contributed by atoms with E-state index in [0.29, 0.717) is 29.9 Å². The molecule has 1 aliphatic carbocycles. The fraction of sp³-hybridized carbons (Fsp3) is 0.185. The molecule has 0 saturated heterocycles. The molecule has 1 heterocycles. The van der Waals surface area contributed by atoms with Crippen molar-refractivity contribution in [3.63, 3.8) is 0 Å². The number of ether oxygens (including phenoxy) is 2. The number of pyridine rings is 1. The number of Topliss-reactive ketones (excluding diaryl/α,β-unsaturated/α-hetero) is 1. The minimum Gasteiger partial charge on any atom is -0.502 e. The van der Waals surface area contributed by atoms with Gasteiger partial charge in [0, 0.05) is 24.4 Å². The topological polar surface area (TPSA) is 68.7 Å². The van der Waals surface area contributed by atoms with Crippen LogP contribution in [0.5, 0.6) is 17.2 Å². The first-order chi connectivity index (χ1) is 15.9. The summed E-state index contributed by atoms with van der Waals surface area (Å²) in [6.45, 7) is 1.97. The van der Waals surface area contributed by atoms with Crippen molar-refractivity contribution in [2.75, 3.05) is 14.2 Å². The van der Waals surface area contributed by atoms with Crippen molar-refractivity contribution >= 4 is 23.0 Å². The predicted octanol–water partition coefficient (Wildman–Crippen LogP) is 5.93. The molecule has 0 amide bonds. The van der Waals surface area contributed by atoms with Gasteiger partial charge in [0.1, 0.15) is 5.82 Å². The number of allylic oxidation sites excluding steroid dienone is 3. The Morgan fingerprint density at radius 1 is 1.09 bits per heavy atom. The molecule has 2 aromatic carbocycles. The Kier molecular flexibility index (Phi) is 6.27. The molecule has 1 aliphatic rings. The Morgan fingerprint density at radius 2 is 1.82 bits per heavy atom. The molecular formula is C27H24FNO4. The monoisotopic (exact) mass is 445 g/mol. The lowest BCUT2D eigenvalue weighted by Crippen LogP contribution is -2.00. The van der Waals surface area contributed by atoms with E-state index in [1.165, 1.54) is 26.4 Å². The number of hydrogen-bond acceptors (Lipinski definition) is 5. The standard InChI is InChI=1S/C27H24FNO4/c1-16-20(8-9-24(30)18-5-4-10-29-15-18)23-14-19(28)6-7-21(23)22(16)11-17-12-25(32-2)27(31)26(13-17)33-3/h4-7,10-15,31H,8-9H2,1-3H3. The number of nitrogens with zero attached hydrogens (tertiary/aromatic N) is 1. The van der Waals surface area contributed by atoms with Gasteiger partial charge in [-0.25, -0.2) is 4.39 Å². The second-order valence-electron chi connectivity index (χ2n) is 7.79. The van der Waals surface area contributed by atoms with Crippen LogP contribution in [0.2, 0.25) is 0 Å². The average molecular weight is 445 g/mol. The third kappa shape index (κ3) is 4.37. The SMILES string of the molecule is COc1cc(C=C2C(C)=C(CCC(=O)c3cccnc3)c3cc(F)ccc32)cc(OC)c1O. The van der Waals surface area contributed by atoms with Crippen molar-refractivity contribution in [3.8, 4) is 17.2 Å². The Labute approximate surface area is 191 Å². The number of hydrogen-bond donors (Lipinski definition) is 1. The van der Waals surface area contributed by atoms with Crippen LogP contribution < -0.4 is 9.47 Å². The maximum absolute atomic E-state index is 14.1. The summed E-state index contributed by atoms with van der Waals surface area (Å²) in [4.78, 5) is 16.6. The smallest absolute Gasteiger partial charge is 0.200 e. The van der Waals surface area contributed by atoms with Crippen molar-refractivity contribution in [1.29, 1.82) is 0 Å². The molecule has 6 heteroatoms. The third-order valence-electron chi connectivity index (χ3n) is 5.85. The third-order valence-corrected chi connectivity index (χ3v) is 5.85. The number of carbonyl (C=O) groups is 1. The van der Waals surface area contributed by atoms with Gasteiger partial charge in [-0.05, 0) is 89.2 Å². The van der Waals surface area contributed by atoms with Crippen LogP contribution in [0, 0.1) is 5.82 Å². The van der Waals surface area contributed by atoms with Gasteiger partial charge in [0.2, 0.25) is 5.75 Å². The van der Waals surface area contributed by atoms with Gasteiger partial charge in [-0.2, -0.15) is 0 Å². The number of aromatic nitrogens is 1. The summed E-state index contributed by atoms with van der Waals surface area (Å²) in [5.41, 5.74) is 5.83. The Balaban J connectivity index is 1.73. The fourth-order valence-corrected chi connectivity index (χ4v) is 4.15. The van der Waals surface area contributed by atoms with Gasteiger partial charge in [-0.15, -0.1) is 0 Å². The minimum absolute atomic E-state index is 0.00760. The molecule has 3 aromatic rings. The van der Waals surface area contributed by atoms with Crippen molar-refractivity contribution < 1.29 is 23.8 Å².